The van der Waals surface area contributed by atoms with Gasteiger partial charge in [0.15, 0.2) is 0 Å². The molecule has 58 valence electrons. The lowest BCUT2D eigenvalue weighted by Gasteiger charge is -2.14. The first-order valence-electron chi connectivity index (χ1n) is 4.16. The molecule has 0 bridgehead atoms. The van der Waals surface area contributed by atoms with Crippen LogP contribution in [-0.2, 0) is 0 Å². The third-order valence-electron chi connectivity index (χ3n) is 1.97. The maximum Gasteiger partial charge on any atom is 0.119 e. The first-order valence-corrected chi connectivity index (χ1v) is 4.16. The Bertz CT molecular complexity index is 127. The van der Waals surface area contributed by atoms with Gasteiger partial charge in [0.1, 0.15) is 6.17 Å². The van der Waals surface area contributed by atoms with Crippen molar-refractivity contribution in [1.82, 2.24) is 0 Å². The Balaban J connectivity index is 2.41. The molecule has 0 amide bonds. The number of halogens is 1. The van der Waals surface area contributed by atoms with Crippen LogP contribution in [0, 0.1) is 0 Å². The molecule has 1 heteroatoms. The fourth-order valence-electron chi connectivity index (χ4n) is 1.48. The second-order valence-corrected chi connectivity index (χ2v) is 2.98. The zero-order valence-corrected chi connectivity index (χ0v) is 6.57. The minimum absolute atomic E-state index is 0.643. The van der Waals surface area contributed by atoms with Crippen molar-refractivity contribution in [1.29, 1.82) is 0 Å². The Morgan fingerprint density at radius 2 is 2.50 bits per heavy atom. The first kappa shape index (κ1) is 7.77. The van der Waals surface area contributed by atoms with Crippen LogP contribution in [-0.4, -0.2) is 6.17 Å². The molecular weight excluding hydrogens is 127 g/mol. The summed E-state index contributed by atoms with van der Waals surface area (Å²) in [6.45, 7) is 2.14. The van der Waals surface area contributed by atoms with E-state index >= 15 is 0 Å². The molecule has 0 saturated heterocycles. The van der Waals surface area contributed by atoms with E-state index in [0.29, 0.717) is 0 Å². The van der Waals surface area contributed by atoms with Crippen LogP contribution in [0.4, 0.5) is 4.39 Å². The number of allylic oxidation sites excluding steroid dienone is 2. The van der Waals surface area contributed by atoms with E-state index in [9.17, 15) is 4.39 Å². The molecule has 0 saturated carbocycles. The molecule has 1 aliphatic carbocycles. The molecule has 0 aromatic heterocycles. The topological polar surface area (TPSA) is 0 Å². The van der Waals surface area contributed by atoms with Gasteiger partial charge in [-0.15, -0.1) is 0 Å². The molecule has 0 radical (unpaired) electrons. The Labute approximate surface area is 62.1 Å². The van der Waals surface area contributed by atoms with E-state index in [1.807, 2.05) is 6.08 Å². The monoisotopic (exact) mass is 142 g/mol. The molecule has 0 aliphatic heterocycles. The summed E-state index contributed by atoms with van der Waals surface area (Å²) >= 11 is 0. The summed E-state index contributed by atoms with van der Waals surface area (Å²) in [5.74, 6) is 0. The lowest BCUT2D eigenvalue weighted by atomic mass is 9.95. The van der Waals surface area contributed by atoms with E-state index in [0.717, 1.165) is 32.1 Å². The summed E-state index contributed by atoms with van der Waals surface area (Å²) in [7, 11) is 0. The zero-order valence-electron chi connectivity index (χ0n) is 6.57. The highest BCUT2D eigenvalue weighted by molar-refractivity contribution is 5.08. The summed E-state index contributed by atoms with van der Waals surface area (Å²) in [5.41, 5.74) is 1.33. The van der Waals surface area contributed by atoms with Crippen molar-refractivity contribution in [2.24, 2.45) is 0 Å². The largest absolute Gasteiger partial charge is 0.243 e. The summed E-state index contributed by atoms with van der Waals surface area (Å²) in [5, 5.41) is 0. The third-order valence-corrected chi connectivity index (χ3v) is 1.97. The molecule has 0 aromatic carbocycles. The Kier molecular flexibility index (Phi) is 2.91. The van der Waals surface area contributed by atoms with Gasteiger partial charge in [-0.25, -0.2) is 4.39 Å². The fourth-order valence-corrected chi connectivity index (χ4v) is 1.48. The first-order chi connectivity index (χ1) is 4.83. The van der Waals surface area contributed by atoms with Crippen LogP contribution < -0.4 is 0 Å². The number of rotatable bonds is 2. The van der Waals surface area contributed by atoms with Gasteiger partial charge in [-0.3, -0.25) is 0 Å². The van der Waals surface area contributed by atoms with Gasteiger partial charge in [0.25, 0.3) is 0 Å². The maximum absolute atomic E-state index is 12.7. The van der Waals surface area contributed by atoms with Crippen LogP contribution in [0.15, 0.2) is 11.6 Å². The highest BCUT2D eigenvalue weighted by atomic mass is 19.1. The van der Waals surface area contributed by atoms with Crippen LogP contribution in [0.3, 0.4) is 0 Å². The third kappa shape index (κ3) is 2.13. The van der Waals surface area contributed by atoms with Crippen molar-refractivity contribution in [3.63, 3.8) is 0 Å². The van der Waals surface area contributed by atoms with Gasteiger partial charge in [0, 0.05) is 0 Å². The van der Waals surface area contributed by atoms with Crippen molar-refractivity contribution >= 4 is 0 Å². The molecule has 1 atom stereocenters. The molecule has 0 fully saturated rings. The predicted molar refractivity (Wildman–Crippen MR) is 41.7 cm³/mol. The van der Waals surface area contributed by atoms with E-state index in [1.165, 1.54) is 5.57 Å². The van der Waals surface area contributed by atoms with E-state index in [-0.39, 0.29) is 0 Å². The van der Waals surface area contributed by atoms with Gasteiger partial charge in [-0.1, -0.05) is 25.0 Å². The lowest BCUT2D eigenvalue weighted by Crippen LogP contribution is -2.03. The number of alkyl halides is 1. The second-order valence-electron chi connectivity index (χ2n) is 2.98. The van der Waals surface area contributed by atoms with E-state index < -0.39 is 6.17 Å². The highest BCUT2D eigenvalue weighted by Gasteiger charge is 2.10. The van der Waals surface area contributed by atoms with E-state index in [1.54, 1.807) is 0 Å². The van der Waals surface area contributed by atoms with Gasteiger partial charge in [0.05, 0.1) is 0 Å². The lowest BCUT2D eigenvalue weighted by molar-refractivity contribution is 0.354. The average Bonchev–Trinajstić information content (AvgIpc) is 1.88. The molecule has 0 spiro atoms. The summed E-state index contributed by atoms with van der Waals surface area (Å²) in [4.78, 5) is 0. The Hall–Kier alpha value is -0.330. The van der Waals surface area contributed by atoms with Crippen LogP contribution >= 0.6 is 0 Å². The Morgan fingerprint density at radius 3 is 3.10 bits per heavy atom. The van der Waals surface area contributed by atoms with Crippen molar-refractivity contribution in [2.75, 3.05) is 0 Å². The van der Waals surface area contributed by atoms with Gasteiger partial charge in [-0.2, -0.15) is 0 Å². The SMILES string of the molecule is CCCC1=C[C@H](F)CCC1. The molecule has 0 heterocycles. The standard InChI is InChI=1S/C9H15F/c1-2-4-8-5-3-6-9(10)7-8/h7,9H,2-6H2,1H3/t9-/m1/s1. The quantitative estimate of drug-likeness (QED) is 0.519. The van der Waals surface area contributed by atoms with Gasteiger partial charge in [0.2, 0.25) is 0 Å². The van der Waals surface area contributed by atoms with Crippen molar-refractivity contribution < 1.29 is 4.39 Å². The molecule has 0 unspecified atom stereocenters. The van der Waals surface area contributed by atoms with Crippen LogP contribution in [0.5, 0.6) is 0 Å². The van der Waals surface area contributed by atoms with Crippen LogP contribution in [0.25, 0.3) is 0 Å². The van der Waals surface area contributed by atoms with Gasteiger partial charge >= 0.3 is 0 Å². The van der Waals surface area contributed by atoms with Gasteiger partial charge < -0.3 is 0 Å². The zero-order chi connectivity index (χ0) is 7.40. The average molecular weight is 142 g/mol. The Morgan fingerprint density at radius 1 is 1.70 bits per heavy atom. The molecule has 10 heavy (non-hydrogen) atoms. The second kappa shape index (κ2) is 3.75. The number of hydrogen-bond donors (Lipinski definition) is 0. The minimum Gasteiger partial charge on any atom is -0.243 e. The molecule has 1 aliphatic rings. The number of hydrogen-bond acceptors (Lipinski definition) is 0. The maximum atomic E-state index is 12.7. The summed E-state index contributed by atoms with van der Waals surface area (Å²) in [6, 6.07) is 0. The molecule has 0 N–H and O–H groups in total. The van der Waals surface area contributed by atoms with E-state index in [4.69, 9.17) is 0 Å². The van der Waals surface area contributed by atoms with Crippen LogP contribution in [0.2, 0.25) is 0 Å². The van der Waals surface area contributed by atoms with E-state index in [2.05, 4.69) is 6.92 Å². The smallest absolute Gasteiger partial charge is 0.119 e. The van der Waals surface area contributed by atoms with Crippen molar-refractivity contribution in [2.45, 2.75) is 45.2 Å². The fraction of sp³-hybridized carbons (Fsp3) is 0.778. The highest BCUT2D eigenvalue weighted by Crippen LogP contribution is 2.22. The van der Waals surface area contributed by atoms with Gasteiger partial charge in [-0.05, 0) is 25.7 Å². The molecular formula is C9H15F. The minimum atomic E-state index is -0.643. The van der Waals surface area contributed by atoms with Crippen LogP contribution in [0.1, 0.15) is 39.0 Å². The summed E-state index contributed by atoms with van der Waals surface area (Å²) in [6.07, 6.45) is 6.34. The molecule has 0 nitrogen and oxygen atoms in total. The molecule has 0 aromatic rings. The predicted octanol–water partition coefficient (Wildman–Crippen LogP) is 3.23. The van der Waals surface area contributed by atoms with Crippen molar-refractivity contribution in [3.8, 4) is 0 Å². The van der Waals surface area contributed by atoms with Crippen molar-refractivity contribution in [3.05, 3.63) is 11.6 Å². The molecule has 1 rings (SSSR count). The normalized spacial score (nSPS) is 26.2. The summed E-state index contributed by atoms with van der Waals surface area (Å²) < 4.78 is 12.7.